The maximum absolute atomic E-state index is 4.29. The Labute approximate surface area is 151 Å². The number of pyridine rings is 1. The molecule has 0 aliphatic carbocycles. The van der Waals surface area contributed by atoms with Gasteiger partial charge in [-0.15, -0.1) is 0 Å². The largest absolute Gasteiger partial charge is 0.320 e. The fraction of sp³-hybridized carbons (Fsp3) is 0.450. The van der Waals surface area contributed by atoms with Crippen molar-refractivity contribution in [3.63, 3.8) is 0 Å². The van der Waals surface area contributed by atoms with Crippen molar-refractivity contribution in [1.82, 2.24) is 26.3 Å². The number of hydrogen-bond acceptors (Lipinski definition) is 5. The zero-order valence-corrected chi connectivity index (χ0v) is 15.3. The van der Waals surface area contributed by atoms with Crippen LogP contribution in [0.15, 0.2) is 54.9 Å². The quantitative estimate of drug-likeness (QED) is 0.352. The van der Waals surface area contributed by atoms with Crippen LogP contribution in [0, 0.1) is 0 Å². The molecule has 5 heteroatoms. The lowest BCUT2D eigenvalue weighted by Crippen LogP contribution is -2.49. The first kappa shape index (κ1) is 19.5. The molecular formula is C20H31N5. The first-order valence-corrected chi connectivity index (χ1v) is 9.07. The van der Waals surface area contributed by atoms with Gasteiger partial charge in [-0.1, -0.05) is 36.4 Å². The molecule has 2 rings (SSSR count). The molecular weight excluding hydrogens is 310 g/mol. The van der Waals surface area contributed by atoms with Gasteiger partial charge in [0.15, 0.2) is 0 Å². The third-order valence-electron chi connectivity index (χ3n) is 4.27. The standard InChI is InChI=1S/C20H31N5/c1-21-12-6-7-14-24-19(18-11-8-13-23-16-18)20(22-2)25-15-17-9-4-3-5-10-17/h3-5,8-11,13,16,19-22,24-25H,6-7,12,14-15H2,1-2H3. The molecule has 2 unspecified atom stereocenters. The zero-order valence-electron chi connectivity index (χ0n) is 15.3. The maximum atomic E-state index is 4.29. The predicted molar refractivity (Wildman–Crippen MR) is 104 cm³/mol. The third-order valence-corrected chi connectivity index (χ3v) is 4.27. The van der Waals surface area contributed by atoms with Gasteiger partial charge in [0.2, 0.25) is 0 Å². The Morgan fingerprint density at radius 1 is 0.920 bits per heavy atom. The summed E-state index contributed by atoms with van der Waals surface area (Å²) < 4.78 is 0. The average molecular weight is 342 g/mol. The van der Waals surface area contributed by atoms with E-state index in [1.165, 1.54) is 17.5 Å². The molecule has 2 aromatic rings. The first-order chi connectivity index (χ1) is 12.3. The van der Waals surface area contributed by atoms with Gasteiger partial charge in [0.25, 0.3) is 0 Å². The van der Waals surface area contributed by atoms with Crippen LogP contribution in [0.25, 0.3) is 0 Å². The minimum Gasteiger partial charge on any atom is -0.320 e. The molecule has 0 saturated carbocycles. The van der Waals surface area contributed by atoms with E-state index in [4.69, 9.17) is 0 Å². The number of unbranched alkanes of at least 4 members (excludes halogenated alkanes) is 1. The highest BCUT2D eigenvalue weighted by Crippen LogP contribution is 2.15. The first-order valence-electron chi connectivity index (χ1n) is 9.07. The van der Waals surface area contributed by atoms with Crippen molar-refractivity contribution in [2.24, 2.45) is 0 Å². The maximum Gasteiger partial charge on any atom is 0.0773 e. The van der Waals surface area contributed by atoms with E-state index in [0.717, 1.165) is 26.1 Å². The van der Waals surface area contributed by atoms with Gasteiger partial charge >= 0.3 is 0 Å². The van der Waals surface area contributed by atoms with Crippen LogP contribution in [0.1, 0.15) is 30.0 Å². The second kappa shape index (κ2) is 11.7. The van der Waals surface area contributed by atoms with E-state index in [0.29, 0.717) is 0 Å². The Kier molecular flexibility index (Phi) is 9.15. The summed E-state index contributed by atoms with van der Waals surface area (Å²) in [5.74, 6) is 0. The minimum atomic E-state index is 0.119. The number of rotatable bonds is 12. The van der Waals surface area contributed by atoms with Gasteiger partial charge < -0.3 is 16.0 Å². The summed E-state index contributed by atoms with van der Waals surface area (Å²) in [6, 6.07) is 14.8. The van der Waals surface area contributed by atoms with Crippen molar-refractivity contribution in [2.75, 3.05) is 27.2 Å². The molecule has 1 heterocycles. The number of nitrogens with zero attached hydrogens (tertiary/aromatic N) is 1. The Hall–Kier alpha value is -1.79. The Morgan fingerprint density at radius 2 is 1.72 bits per heavy atom. The molecule has 0 aliphatic rings. The van der Waals surface area contributed by atoms with Gasteiger partial charge in [-0.3, -0.25) is 10.3 Å². The van der Waals surface area contributed by atoms with Crippen molar-refractivity contribution in [3.05, 3.63) is 66.0 Å². The van der Waals surface area contributed by atoms with Gasteiger partial charge in [-0.2, -0.15) is 0 Å². The highest BCUT2D eigenvalue weighted by Gasteiger charge is 2.21. The zero-order chi connectivity index (χ0) is 17.7. The Balaban J connectivity index is 1.98. The fourth-order valence-corrected chi connectivity index (χ4v) is 2.88. The monoisotopic (exact) mass is 341 g/mol. The highest BCUT2D eigenvalue weighted by atomic mass is 15.2. The number of nitrogens with one attached hydrogen (secondary N) is 4. The van der Waals surface area contributed by atoms with Crippen LogP contribution in [-0.2, 0) is 6.54 Å². The molecule has 2 atom stereocenters. The van der Waals surface area contributed by atoms with Gasteiger partial charge in [0.05, 0.1) is 12.2 Å². The van der Waals surface area contributed by atoms with Crippen LogP contribution in [0.3, 0.4) is 0 Å². The van der Waals surface area contributed by atoms with E-state index in [9.17, 15) is 0 Å². The van der Waals surface area contributed by atoms with Gasteiger partial charge in [0, 0.05) is 18.9 Å². The Morgan fingerprint density at radius 3 is 2.40 bits per heavy atom. The highest BCUT2D eigenvalue weighted by molar-refractivity contribution is 5.17. The molecule has 0 spiro atoms. The summed E-state index contributed by atoms with van der Waals surface area (Å²) in [4.78, 5) is 4.29. The smallest absolute Gasteiger partial charge is 0.0773 e. The summed E-state index contributed by atoms with van der Waals surface area (Å²) in [6.07, 6.45) is 6.20. The minimum absolute atomic E-state index is 0.119. The molecule has 0 amide bonds. The van der Waals surface area contributed by atoms with Crippen molar-refractivity contribution >= 4 is 0 Å². The van der Waals surface area contributed by atoms with Crippen molar-refractivity contribution in [2.45, 2.75) is 31.6 Å². The van der Waals surface area contributed by atoms with Crippen molar-refractivity contribution in [3.8, 4) is 0 Å². The van der Waals surface area contributed by atoms with Crippen LogP contribution < -0.4 is 21.3 Å². The lowest BCUT2D eigenvalue weighted by molar-refractivity contribution is 0.334. The normalized spacial score (nSPS) is 13.5. The van der Waals surface area contributed by atoms with E-state index < -0.39 is 0 Å². The molecule has 1 aromatic heterocycles. The number of likely N-dealkylation sites (N-methyl/N-ethyl adjacent to an activating group) is 1. The molecule has 1 aromatic carbocycles. The van der Waals surface area contributed by atoms with E-state index in [1.807, 2.05) is 38.6 Å². The molecule has 25 heavy (non-hydrogen) atoms. The summed E-state index contributed by atoms with van der Waals surface area (Å²) >= 11 is 0. The molecule has 136 valence electrons. The lowest BCUT2D eigenvalue weighted by Gasteiger charge is -2.29. The second-order valence-electron chi connectivity index (χ2n) is 6.16. The van der Waals surface area contributed by atoms with Gasteiger partial charge in [0.1, 0.15) is 0 Å². The van der Waals surface area contributed by atoms with Crippen LogP contribution in [0.2, 0.25) is 0 Å². The topological polar surface area (TPSA) is 61.0 Å². The average Bonchev–Trinajstić information content (AvgIpc) is 2.68. The van der Waals surface area contributed by atoms with Crippen LogP contribution in [-0.4, -0.2) is 38.3 Å². The van der Waals surface area contributed by atoms with Crippen LogP contribution in [0.4, 0.5) is 0 Å². The molecule has 0 radical (unpaired) electrons. The summed E-state index contributed by atoms with van der Waals surface area (Å²) in [5.41, 5.74) is 2.47. The Bertz CT molecular complexity index is 561. The van der Waals surface area contributed by atoms with E-state index in [-0.39, 0.29) is 12.2 Å². The van der Waals surface area contributed by atoms with Crippen LogP contribution in [0.5, 0.6) is 0 Å². The molecule has 0 bridgehead atoms. The predicted octanol–water partition coefficient (Wildman–Crippen LogP) is 2.05. The lowest BCUT2D eigenvalue weighted by atomic mass is 10.1. The van der Waals surface area contributed by atoms with E-state index in [2.05, 4.69) is 56.6 Å². The SMILES string of the molecule is CNCCCCNC(c1cccnc1)C(NC)NCc1ccccc1. The van der Waals surface area contributed by atoms with E-state index in [1.54, 1.807) is 0 Å². The molecule has 0 fully saturated rings. The summed E-state index contributed by atoms with van der Waals surface area (Å²) in [5, 5.41) is 13.9. The second-order valence-corrected chi connectivity index (χ2v) is 6.16. The van der Waals surface area contributed by atoms with Crippen molar-refractivity contribution < 1.29 is 0 Å². The summed E-state index contributed by atoms with van der Waals surface area (Å²) in [7, 11) is 3.99. The number of hydrogen-bond donors (Lipinski definition) is 4. The third kappa shape index (κ3) is 6.92. The van der Waals surface area contributed by atoms with Crippen LogP contribution >= 0.6 is 0 Å². The molecule has 0 aliphatic heterocycles. The van der Waals surface area contributed by atoms with E-state index >= 15 is 0 Å². The molecule has 4 N–H and O–H groups in total. The number of aromatic nitrogens is 1. The number of benzene rings is 1. The molecule has 0 saturated heterocycles. The van der Waals surface area contributed by atoms with Gasteiger partial charge in [-0.25, -0.2) is 0 Å². The van der Waals surface area contributed by atoms with Crippen molar-refractivity contribution in [1.29, 1.82) is 0 Å². The molecule has 5 nitrogen and oxygen atoms in total. The summed E-state index contributed by atoms with van der Waals surface area (Å²) in [6.45, 7) is 2.86. The van der Waals surface area contributed by atoms with Gasteiger partial charge in [-0.05, 0) is 57.2 Å². The fourth-order valence-electron chi connectivity index (χ4n) is 2.88.